The van der Waals surface area contributed by atoms with Crippen molar-refractivity contribution in [3.05, 3.63) is 46.7 Å². The Kier molecular flexibility index (Phi) is 6.72. The molecule has 162 valence electrons. The number of thioether (sulfide) groups is 1. The summed E-state index contributed by atoms with van der Waals surface area (Å²) in [6.45, 7) is 10.7. The van der Waals surface area contributed by atoms with E-state index in [0.29, 0.717) is 29.5 Å². The van der Waals surface area contributed by atoms with Gasteiger partial charge in [0.1, 0.15) is 6.61 Å². The lowest BCUT2D eigenvalue weighted by atomic mass is 9.85. The van der Waals surface area contributed by atoms with Crippen LogP contribution in [0.15, 0.2) is 40.5 Å². The number of amides is 1. The number of allylic oxidation sites excluding steroid dienone is 1. The normalized spacial score (nSPS) is 21.6. The number of ether oxygens (including phenoxy) is 2. The second-order valence-corrected chi connectivity index (χ2v) is 9.69. The van der Waals surface area contributed by atoms with E-state index in [9.17, 15) is 9.59 Å². The van der Waals surface area contributed by atoms with Gasteiger partial charge in [-0.05, 0) is 29.9 Å². The van der Waals surface area contributed by atoms with E-state index in [1.807, 2.05) is 19.1 Å². The van der Waals surface area contributed by atoms with Crippen LogP contribution >= 0.6 is 11.8 Å². The number of aliphatic imine (C=N–C) groups is 1. The van der Waals surface area contributed by atoms with Gasteiger partial charge in [-0.2, -0.15) is 0 Å². The fourth-order valence-electron chi connectivity index (χ4n) is 3.63. The van der Waals surface area contributed by atoms with Crippen molar-refractivity contribution in [3.8, 4) is 0 Å². The maximum Gasteiger partial charge on any atom is 0.338 e. The van der Waals surface area contributed by atoms with Crippen LogP contribution in [0.5, 0.6) is 0 Å². The van der Waals surface area contributed by atoms with Gasteiger partial charge in [0.2, 0.25) is 5.91 Å². The fourth-order valence-corrected chi connectivity index (χ4v) is 4.76. The maximum atomic E-state index is 13.1. The minimum absolute atomic E-state index is 0.0119. The summed E-state index contributed by atoms with van der Waals surface area (Å²) in [6.07, 6.45) is 0.710. The lowest BCUT2D eigenvalue weighted by Crippen LogP contribution is -2.41. The van der Waals surface area contributed by atoms with Crippen LogP contribution in [0.3, 0.4) is 0 Å². The number of amidine groups is 1. The van der Waals surface area contributed by atoms with E-state index >= 15 is 0 Å². The Labute approximate surface area is 182 Å². The molecule has 0 N–H and O–H groups in total. The Morgan fingerprint density at radius 2 is 1.87 bits per heavy atom. The van der Waals surface area contributed by atoms with Crippen LogP contribution in [0.4, 0.5) is 0 Å². The second kappa shape index (κ2) is 8.94. The van der Waals surface area contributed by atoms with Gasteiger partial charge in [-0.25, -0.2) is 9.79 Å². The van der Waals surface area contributed by atoms with Crippen LogP contribution in [-0.2, 0) is 24.5 Å². The largest absolute Gasteiger partial charge is 0.460 e. The van der Waals surface area contributed by atoms with E-state index < -0.39 is 12.0 Å². The van der Waals surface area contributed by atoms with Crippen molar-refractivity contribution in [2.24, 2.45) is 4.99 Å². The van der Waals surface area contributed by atoms with Crippen molar-refractivity contribution in [3.63, 3.8) is 0 Å². The van der Waals surface area contributed by atoms with Gasteiger partial charge in [0.25, 0.3) is 0 Å². The molecule has 30 heavy (non-hydrogen) atoms. The first-order chi connectivity index (χ1) is 14.2. The van der Waals surface area contributed by atoms with Crippen LogP contribution in [0.25, 0.3) is 0 Å². The molecule has 1 aromatic carbocycles. The molecule has 2 aliphatic rings. The topological polar surface area (TPSA) is 68.2 Å². The zero-order valence-electron chi connectivity index (χ0n) is 18.5. The molecular weight excluding hydrogens is 400 g/mol. The van der Waals surface area contributed by atoms with Crippen molar-refractivity contribution >= 4 is 28.8 Å². The predicted octanol–water partition coefficient (Wildman–Crippen LogP) is 4.21. The minimum Gasteiger partial charge on any atom is -0.460 e. The Hall–Kier alpha value is -2.12. The number of hydrogen-bond donors (Lipinski definition) is 0. The summed E-state index contributed by atoms with van der Waals surface area (Å²) in [5, 5.41) is 0.472. The molecule has 1 fully saturated rings. The second-order valence-electron chi connectivity index (χ2n) is 8.52. The number of carbonyl (C=O) groups is 2. The SMILES string of the molecule is CC[C@H]1SC2=NC(C)=C(C(=O)OCCOC)[C@@H](c3ccc(C(C)(C)C)cc3)N2C1=O. The molecule has 0 bridgehead atoms. The van der Waals surface area contributed by atoms with Gasteiger partial charge >= 0.3 is 5.97 Å². The van der Waals surface area contributed by atoms with Crippen molar-refractivity contribution in [2.75, 3.05) is 20.3 Å². The lowest BCUT2D eigenvalue weighted by molar-refractivity contribution is -0.141. The fraction of sp³-hybridized carbons (Fsp3) is 0.522. The molecule has 6 nitrogen and oxygen atoms in total. The van der Waals surface area contributed by atoms with Gasteiger partial charge in [0.15, 0.2) is 5.17 Å². The molecule has 1 saturated heterocycles. The van der Waals surface area contributed by atoms with Gasteiger partial charge in [-0.15, -0.1) is 0 Å². The highest BCUT2D eigenvalue weighted by Gasteiger charge is 2.47. The number of carbonyl (C=O) groups excluding carboxylic acids is 2. The predicted molar refractivity (Wildman–Crippen MR) is 119 cm³/mol. The van der Waals surface area contributed by atoms with Gasteiger partial charge < -0.3 is 9.47 Å². The van der Waals surface area contributed by atoms with E-state index in [0.717, 1.165) is 5.56 Å². The highest BCUT2D eigenvalue weighted by molar-refractivity contribution is 8.15. The number of fused-ring (bicyclic) bond motifs is 1. The molecule has 0 saturated carbocycles. The molecule has 1 aromatic rings. The first-order valence-electron chi connectivity index (χ1n) is 10.2. The molecular formula is C23H30N2O4S. The van der Waals surface area contributed by atoms with Gasteiger partial charge in [0, 0.05) is 7.11 Å². The smallest absolute Gasteiger partial charge is 0.338 e. The standard InChI is InChI=1S/C23H30N2O4S/c1-7-17-20(26)25-19(15-8-10-16(11-9-15)23(3,4)5)18(14(2)24-22(25)30-17)21(27)29-13-12-28-6/h8-11,17,19H,7,12-13H2,1-6H3/t17-,19-/m1/s1. The Bertz CT molecular complexity index is 883. The van der Waals surface area contributed by atoms with Crippen LogP contribution in [-0.4, -0.2) is 47.5 Å². The maximum absolute atomic E-state index is 13.1. The number of methoxy groups -OCH3 is 1. The van der Waals surface area contributed by atoms with Gasteiger partial charge in [-0.1, -0.05) is 63.7 Å². The summed E-state index contributed by atoms with van der Waals surface area (Å²) in [4.78, 5) is 32.4. The lowest BCUT2D eigenvalue weighted by Gasteiger charge is -2.33. The molecule has 7 heteroatoms. The van der Waals surface area contributed by atoms with Crippen LogP contribution < -0.4 is 0 Å². The summed E-state index contributed by atoms with van der Waals surface area (Å²) in [5.41, 5.74) is 3.07. The Morgan fingerprint density at radius 1 is 1.20 bits per heavy atom. The van der Waals surface area contributed by atoms with Crippen LogP contribution in [0.2, 0.25) is 0 Å². The summed E-state index contributed by atoms with van der Waals surface area (Å²) in [5.74, 6) is -0.476. The van der Waals surface area contributed by atoms with Crippen molar-refractivity contribution in [1.29, 1.82) is 0 Å². The average Bonchev–Trinajstić information content (AvgIpc) is 3.01. The molecule has 0 spiro atoms. The number of nitrogens with zero attached hydrogens (tertiary/aromatic N) is 2. The quantitative estimate of drug-likeness (QED) is 0.499. The van der Waals surface area contributed by atoms with Crippen LogP contribution in [0, 0.1) is 0 Å². The number of hydrogen-bond acceptors (Lipinski definition) is 6. The summed E-state index contributed by atoms with van der Waals surface area (Å²) in [7, 11) is 1.56. The Morgan fingerprint density at radius 3 is 2.43 bits per heavy atom. The third kappa shape index (κ3) is 4.32. The average molecular weight is 431 g/mol. The molecule has 0 aliphatic carbocycles. The molecule has 0 aromatic heterocycles. The van der Waals surface area contributed by atoms with E-state index in [1.165, 1.54) is 17.3 Å². The first-order valence-corrected chi connectivity index (χ1v) is 11.1. The molecule has 0 radical (unpaired) electrons. The number of benzene rings is 1. The molecule has 0 unspecified atom stereocenters. The third-order valence-electron chi connectivity index (χ3n) is 5.36. The van der Waals surface area contributed by atoms with Crippen molar-refractivity contribution < 1.29 is 19.1 Å². The molecule has 2 atom stereocenters. The molecule has 1 amide bonds. The highest BCUT2D eigenvalue weighted by Crippen LogP contribution is 2.44. The van der Waals surface area contributed by atoms with Gasteiger partial charge in [0.05, 0.1) is 29.2 Å². The molecule has 2 heterocycles. The van der Waals surface area contributed by atoms with Crippen molar-refractivity contribution in [2.45, 2.75) is 57.7 Å². The van der Waals surface area contributed by atoms with E-state index in [2.05, 4.69) is 37.9 Å². The van der Waals surface area contributed by atoms with Crippen LogP contribution in [0.1, 0.15) is 58.2 Å². The number of rotatable bonds is 6. The highest BCUT2D eigenvalue weighted by atomic mass is 32.2. The monoisotopic (exact) mass is 430 g/mol. The minimum atomic E-state index is -0.543. The van der Waals surface area contributed by atoms with E-state index in [4.69, 9.17) is 9.47 Å². The van der Waals surface area contributed by atoms with Crippen molar-refractivity contribution in [1.82, 2.24) is 4.90 Å². The first kappa shape index (κ1) is 22.6. The third-order valence-corrected chi connectivity index (χ3v) is 6.67. The summed E-state index contributed by atoms with van der Waals surface area (Å²) in [6, 6.07) is 7.59. The molecule has 2 aliphatic heterocycles. The zero-order valence-corrected chi connectivity index (χ0v) is 19.3. The number of esters is 1. The summed E-state index contributed by atoms with van der Waals surface area (Å²) >= 11 is 1.47. The van der Waals surface area contributed by atoms with E-state index in [1.54, 1.807) is 18.9 Å². The summed E-state index contributed by atoms with van der Waals surface area (Å²) < 4.78 is 10.4. The molecule has 3 rings (SSSR count). The van der Waals surface area contributed by atoms with E-state index in [-0.39, 0.29) is 23.2 Å². The van der Waals surface area contributed by atoms with Gasteiger partial charge in [-0.3, -0.25) is 9.69 Å². The zero-order chi connectivity index (χ0) is 22.1. The Balaban J connectivity index is 2.04.